The van der Waals surface area contributed by atoms with Crippen LogP contribution in [0.2, 0.25) is 0 Å². The highest BCUT2D eigenvalue weighted by Crippen LogP contribution is 2.22. The highest BCUT2D eigenvalue weighted by Gasteiger charge is 2.30. The molecule has 0 bridgehead atoms. The van der Waals surface area contributed by atoms with Gasteiger partial charge < -0.3 is 18.6 Å². The van der Waals surface area contributed by atoms with Gasteiger partial charge in [-0.2, -0.15) is 16.3 Å². The number of ether oxygens (including phenoxy) is 1. The topological polar surface area (TPSA) is 98.7 Å². The second-order valence-electron chi connectivity index (χ2n) is 6.18. The van der Waals surface area contributed by atoms with Gasteiger partial charge >= 0.3 is 5.97 Å². The second-order valence-corrected chi connectivity index (χ2v) is 6.96. The van der Waals surface area contributed by atoms with Gasteiger partial charge in [0.1, 0.15) is 0 Å². The van der Waals surface area contributed by atoms with E-state index in [-0.39, 0.29) is 30.3 Å². The van der Waals surface area contributed by atoms with Gasteiger partial charge in [0, 0.05) is 24.0 Å². The van der Waals surface area contributed by atoms with Gasteiger partial charge in [-0.15, -0.1) is 0 Å². The number of carbonyl (C=O) groups is 2. The summed E-state index contributed by atoms with van der Waals surface area (Å²) < 4.78 is 15.6. The van der Waals surface area contributed by atoms with Crippen molar-refractivity contribution in [2.45, 2.75) is 19.4 Å². The van der Waals surface area contributed by atoms with Gasteiger partial charge in [0.05, 0.1) is 12.2 Å². The molecule has 0 unspecified atom stereocenters. The molecule has 4 heterocycles. The number of nitrogens with zero attached hydrogens (tertiary/aromatic N) is 3. The lowest BCUT2D eigenvalue weighted by Gasteiger charge is -2.30. The summed E-state index contributed by atoms with van der Waals surface area (Å²) in [7, 11) is 0. The number of rotatable bonds is 5. The Hall–Kier alpha value is -2.94. The number of piperidine rings is 1. The smallest absolute Gasteiger partial charge is 0.309 e. The standard InChI is InChI=1S/C18H17N3O5S/c22-17(14-2-1-8-24-14)21-6-3-12(4-7-21)18(23)25-10-15-19-16(20-26-15)13-5-9-27-11-13/h1-2,5,8-9,11-12H,3-4,6-7,10H2. The van der Waals surface area contributed by atoms with Crippen LogP contribution in [0.15, 0.2) is 44.2 Å². The number of thiophene rings is 1. The van der Waals surface area contributed by atoms with Crippen molar-refractivity contribution in [3.05, 3.63) is 46.9 Å². The average Bonchev–Trinajstić information content (AvgIpc) is 3.47. The van der Waals surface area contributed by atoms with Crippen molar-refractivity contribution < 1.29 is 23.3 Å². The summed E-state index contributed by atoms with van der Waals surface area (Å²) in [5.74, 6) is 0.342. The summed E-state index contributed by atoms with van der Waals surface area (Å²) in [6.07, 6.45) is 2.57. The third-order valence-electron chi connectivity index (χ3n) is 4.43. The monoisotopic (exact) mass is 387 g/mol. The van der Waals surface area contributed by atoms with E-state index in [1.165, 1.54) is 6.26 Å². The van der Waals surface area contributed by atoms with Gasteiger partial charge in [-0.1, -0.05) is 5.16 Å². The quantitative estimate of drug-likeness (QED) is 0.621. The van der Waals surface area contributed by atoms with E-state index in [0.717, 1.165) is 5.56 Å². The normalized spacial score (nSPS) is 15.0. The molecule has 3 aromatic heterocycles. The molecule has 1 aliphatic rings. The molecule has 0 N–H and O–H groups in total. The Kier molecular flexibility index (Phi) is 5.01. The Morgan fingerprint density at radius 2 is 2.15 bits per heavy atom. The molecule has 1 amide bonds. The van der Waals surface area contributed by atoms with Crippen molar-refractivity contribution >= 4 is 23.2 Å². The van der Waals surface area contributed by atoms with Gasteiger partial charge in [-0.25, -0.2) is 0 Å². The van der Waals surface area contributed by atoms with E-state index in [1.807, 2.05) is 16.8 Å². The number of amides is 1. The van der Waals surface area contributed by atoms with Crippen LogP contribution in [0, 0.1) is 5.92 Å². The molecule has 1 aliphatic heterocycles. The van der Waals surface area contributed by atoms with Crippen molar-refractivity contribution in [1.29, 1.82) is 0 Å². The number of hydrogen-bond acceptors (Lipinski definition) is 8. The average molecular weight is 387 g/mol. The van der Waals surface area contributed by atoms with E-state index in [2.05, 4.69) is 10.1 Å². The number of esters is 1. The molecule has 9 heteroatoms. The van der Waals surface area contributed by atoms with Crippen molar-refractivity contribution in [3.8, 4) is 11.4 Å². The first kappa shape index (κ1) is 17.5. The first-order chi connectivity index (χ1) is 13.2. The Bertz CT molecular complexity index is 895. The molecule has 1 fully saturated rings. The van der Waals surface area contributed by atoms with Crippen LogP contribution in [-0.2, 0) is 16.1 Å². The van der Waals surface area contributed by atoms with Gasteiger partial charge in [-0.05, 0) is 36.4 Å². The molecule has 0 aliphatic carbocycles. The van der Waals surface area contributed by atoms with Crippen LogP contribution < -0.4 is 0 Å². The van der Waals surface area contributed by atoms with E-state index < -0.39 is 0 Å². The number of likely N-dealkylation sites (tertiary alicyclic amines) is 1. The predicted octanol–water partition coefficient (Wildman–Crippen LogP) is 2.99. The summed E-state index contributed by atoms with van der Waals surface area (Å²) in [5.41, 5.74) is 0.870. The Labute approximate surface area is 158 Å². The van der Waals surface area contributed by atoms with E-state index in [1.54, 1.807) is 28.4 Å². The maximum atomic E-state index is 12.3. The maximum Gasteiger partial charge on any atom is 0.309 e. The zero-order chi connectivity index (χ0) is 18.6. The van der Waals surface area contributed by atoms with Crippen LogP contribution in [0.3, 0.4) is 0 Å². The molecule has 27 heavy (non-hydrogen) atoms. The lowest BCUT2D eigenvalue weighted by atomic mass is 9.97. The fourth-order valence-electron chi connectivity index (χ4n) is 2.95. The van der Waals surface area contributed by atoms with Crippen molar-refractivity contribution in [2.24, 2.45) is 5.92 Å². The van der Waals surface area contributed by atoms with Crippen LogP contribution >= 0.6 is 11.3 Å². The molecule has 0 saturated carbocycles. The molecule has 8 nitrogen and oxygen atoms in total. The molecule has 0 spiro atoms. The molecule has 0 radical (unpaired) electrons. The zero-order valence-corrected chi connectivity index (χ0v) is 15.2. The van der Waals surface area contributed by atoms with Crippen LogP contribution in [0.1, 0.15) is 29.3 Å². The lowest BCUT2D eigenvalue weighted by molar-refractivity contribution is -0.152. The summed E-state index contributed by atoms with van der Waals surface area (Å²) in [5, 5.41) is 7.72. The van der Waals surface area contributed by atoms with Crippen LogP contribution in [0.5, 0.6) is 0 Å². The number of aromatic nitrogens is 2. The van der Waals surface area contributed by atoms with Crippen LogP contribution in [-0.4, -0.2) is 40.0 Å². The minimum absolute atomic E-state index is 0.0541. The summed E-state index contributed by atoms with van der Waals surface area (Å²) in [6.45, 7) is 0.922. The molecule has 140 valence electrons. The Balaban J connectivity index is 1.26. The first-order valence-electron chi connectivity index (χ1n) is 8.55. The summed E-state index contributed by atoms with van der Waals surface area (Å²) >= 11 is 1.54. The van der Waals surface area contributed by atoms with Gasteiger partial charge in [0.2, 0.25) is 5.82 Å². The zero-order valence-electron chi connectivity index (χ0n) is 14.4. The maximum absolute atomic E-state index is 12.3. The van der Waals surface area contributed by atoms with Crippen LogP contribution in [0.4, 0.5) is 0 Å². The lowest BCUT2D eigenvalue weighted by Crippen LogP contribution is -2.40. The van der Waals surface area contributed by atoms with E-state index in [4.69, 9.17) is 13.7 Å². The highest BCUT2D eigenvalue weighted by molar-refractivity contribution is 7.08. The van der Waals surface area contributed by atoms with Gasteiger partial charge in [-0.3, -0.25) is 9.59 Å². The highest BCUT2D eigenvalue weighted by atomic mass is 32.1. The molecule has 1 saturated heterocycles. The van der Waals surface area contributed by atoms with E-state index in [9.17, 15) is 9.59 Å². The van der Waals surface area contributed by atoms with E-state index in [0.29, 0.717) is 37.5 Å². The fraction of sp³-hybridized carbons (Fsp3) is 0.333. The Morgan fingerprint density at radius 3 is 2.85 bits per heavy atom. The molecule has 4 rings (SSSR count). The van der Waals surface area contributed by atoms with Crippen LogP contribution in [0.25, 0.3) is 11.4 Å². The second kappa shape index (κ2) is 7.75. The number of carbonyl (C=O) groups excluding carboxylic acids is 2. The Morgan fingerprint density at radius 1 is 1.30 bits per heavy atom. The van der Waals surface area contributed by atoms with E-state index >= 15 is 0 Å². The molecular weight excluding hydrogens is 370 g/mol. The summed E-state index contributed by atoms with van der Waals surface area (Å²) in [6, 6.07) is 5.21. The third-order valence-corrected chi connectivity index (χ3v) is 5.12. The van der Waals surface area contributed by atoms with Gasteiger partial charge in [0.15, 0.2) is 12.4 Å². The largest absolute Gasteiger partial charge is 0.459 e. The van der Waals surface area contributed by atoms with Crippen molar-refractivity contribution in [3.63, 3.8) is 0 Å². The van der Waals surface area contributed by atoms with Gasteiger partial charge in [0.25, 0.3) is 11.8 Å². The number of hydrogen-bond donors (Lipinski definition) is 0. The summed E-state index contributed by atoms with van der Waals surface area (Å²) in [4.78, 5) is 30.4. The minimum atomic E-state index is -0.310. The molecule has 0 atom stereocenters. The molecular formula is C18H17N3O5S. The predicted molar refractivity (Wildman–Crippen MR) is 94.7 cm³/mol. The SMILES string of the molecule is O=C(OCc1nc(-c2ccsc2)no1)C1CCN(C(=O)c2ccco2)CC1. The molecule has 0 aromatic carbocycles. The third kappa shape index (κ3) is 3.92. The fourth-order valence-corrected chi connectivity index (χ4v) is 3.58. The van der Waals surface area contributed by atoms with Crippen molar-refractivity contribution in [2.75, 3.05) is 13.1 Å². The first-order valence-corrected chi connectivity index (χ1v) is 9.49. The van der Waals surface area contributed by atoms with Crippen molar-refractivity contribution in [1.82, 2.24) is 15.0 Å². The minimum Gasteiger partial charge on any atom is -0.459 e. The molecule has 3 aromatic rings. The number of furan rings is 1.